The highest BCUT2D eigenvalue weighted by molar-refractivity contribution is 6.33. The SMILES string of the molecule is O=C(NC1CC1)c1cnc(N2CCN(Cc3c(F)cccc3Cl)CC2)c(Cl)c1. The number of carbonyl (C=O) groups is 1. The van der Waals surface area contributed by atoms with Gasteiger partial charge in [0.2, 0.25) is 0 Å². The van der Waals surface area contributed by atoms with Crippen LogP contribution in [0.1, 0.15) is 28.8 Å². The number of hydrogen-bond donors (Lipinski definition) is 1. The van der Waals surface area contributed by atoms with Crippen molar-refractivity contribution in [2.24, 2.45) is 0 Å². The van der Waals surface area contributed by atoms with Crippen LogP contribution in [0.2, 0.25) is 10.0 Å². The van der Waals surface area contributed by atoms with Crippen molar-refractivity contribution in [1.29, 1.82) is 0 Å². The van der Waals surface area contributed by atoms with E-state index in [1.807, 2.05) is 0 Å². The zero-order valence-corrected chi connectivity index (χ0v) is 16.8. The summed E-state index contributed by atoms with van der Waals surface area (Å²) in [7, 11) is 0. The summed E-state index contributed by atoms with van der Waals surface area (Å²) >= 11 is 12.5. The van der Waals surface area contributed by atoms with Crippen molar-refractivity contribution in [1.82, 2.24) is 15.2 Å². The van der Waals surface area contributed by atoms with Crippen LogP contribution in [-0.2, 0) is 6.54 Å². The molecule has 0 atom stereocenters. The maximum Gasteiger partial charge on any atom is 0.253 e. The average Bonchev–Trinajstić information content (AvgIpc) is 3.49. The number of piperazine rings is 1. The molecule has 148 valence electrons. The molecule has 5 nitrogen and oxygen atoms in total. The first-order valence-electron chi connectivity index (χ1n) is 9.38. The van der Waals surface area contributed by atoms with E-state index in [1.54, 1.807) is 24.4 Å². The lowest BCUT2D eigenvalue weighted by Gasteiger charge is -2.36. The van der Waals surface area contributed by atoms with E-state index in [0.29, 0.717) is 52.7 Å². The highest BCUT2D eigenvalue weighted by Crippen LogP contribution is 2.27. The van der Waals surface area contributed by atoms with E-state index in [-0.39, 0.29) is 11.7 Å². The van der Waals surface area contributed by atoms with E-state index in [2.05, 4.69) is 20.1 Å². The topological polar surface area (TPSA) is 48.5 Å². The molecule has 2 fully saturated rings. The van der Waals surface area contributed by atoms with Crippen LogP contribution >= 0.6 is 23.2 Å². The summed E-state index contributed by atoms with van der Waals surface area (Å²) in [4.78, 5) is 20.8. The van der Waals surface area contributed by atoms with Crippen molar-refractivity contribution in [3.8, 4) is 0 Å². The molecule has 1 aromatic carbocycles. The molecule has 1 aliphatic heterocycles. The first-order chi connectivity index (χ1) is 13.5. The van der Waals surface area contributed by atoms with Crippen LogP contribution in [0.3, 0.4) is 0 Å². The molecule has 0 unspecified atom stereocenters. The average molecular weight is 423 g/mol. The Bertz CT molecular complexity index is 862. The Morgan fingerprint density at radius 1 is 1.18 bits per heavy atom. The monoisotopic (exact) mass is 422 g/mol. The van der Waals surface area contributed by atoms with Gasteiger partial charge in [0, 0.05) is 55.5 Å². The van der Waals surface area contributed by atoms with Crippen LogP contribution in [0.5, 0.6) is 0 Å². The van der Waals surface area contributed by atoms with Crippen molar-refractivity contribution >= 4 is 34.9 Å². The number of anilines is 1. The smallest absolute Gasteiger partial charge is 0.253 e. The lowest BCUT2D eigenvalue weighted by Crippen LogP contribution is -2.46. The van der Waals surface area contributed by atoms with Gasteiger partial charge in [0.1, 0.15) is 11.6 Å². The molecule has 4 rings (SSSR count). The molecule has 1 amide bonds. The van der Waals surface area contributed by atoms with Crippen LogP contribution in [-0.4, -0.2) is 48.0 Å². The van der Waals surface area contributed by atoms with Gasteiger partial charge < -0.3 is 10.2 Å². The molecule has 1 aliphatic carbocycles. The number of nitrogens with one attached hydrogen (secondary N) is 1. The molecule has 1 aromatic heterocycles. The van der Waals surface area contributed by atoms with Gasteiger partial charge in [0.05, 0.1) is 10.6 Å². The molecule has 28 heavy (non-hydrogen) atoms. The highest BCUT2D eigenvalue weighted by Gasteiger charge is 2.25. The Morgan fingerprint density at radius 3 is 2.57 bits per heavy atom. The lowest BCUT2D eigenvalue weighted by molar-refractivity contribution is 0.0950. The third-order valence-electron chi connectivity index (χ3n) is 5.11. The van der Waals surface area contributed by atoms with Gasteiger partial charge in [-0.15, -0.1) is 0 Å². The van der Waals surface area contributed by atoms with Crippen molar-refractivity contribution < 1.29 is 9.18 Å². The summed E-state index contributed by atoms with van der Waals surface area (Å²) in [5.74, 6) is 0.267. The van der Waals surface area contributed by atoms with Crippen molar-refractivity contribution in [3.63, 3.8) is 0 Å². The number of nitrogens with zero attached hydrogens (tertiary/aromatic N) is 3. The Labute approximate surface area is 173 Å². The number of amides is 1. The third kappa shape index (κ3) is 4.40. The summed E-state index contributed by atoms with van der Waals surface area (Å²) in [6.07, 6.45) is 3.64. The first-order valence-corrected chi connectivity index (χ1v) is 10.1. The Morgan fingerprint density at radius 2 is 1.93 bits per heavy atom. The summed E-state index contributed by atoms with van der Waals surface area (Å²) in [5, 5.41) is 3.85. The van der Waals surface area contributed by atoms with Gasteiger partial charge >= 0.3 is 0 Å². The molecule has 0 spiro atoms. The van der Waals surface area contributed by atoms with Gasteiger partial charge in [-0.05, 0) is 31.0 Å². The van der Waals surface area contributed by atoms with Crippen LogP contribution in [0.25, 0.3) is 0 Å². The van der Waals surface area contributed by atoms with E-state index in [1.165, 1.54) is 6.07 Å². The maximum absolute atomic E-state index is 14.0. The molecule has 8 heteroatoms. The highest BCUT2D eigenvalue weighted by atomic mass is 35.5. The fourth-order valence-electron chi connectivity index (χ4n) is 3.31. The quantitative estimate of drug-likeness (QED) is 0.796. The van der Waals surface area contributed by atoms with Gasteiger partial charge in [-0.1, -0.05) is 29.3 Å². The summed E-state index contributed by atoms with van der Waals surface area (Å²) in [6, 6.07) is 6.72. The molecule has 1 saturated carbocycles. The van der Waals surface area contributed by atoms with E-state index in [4.69, 9.17) is 23.2 Å². The Hall–Kier alpha value is -1.89. The third-order valence-corrected chi connectivity index (χ3v) is 5.74. The Balaban J connectivity index is 1.37. The number of pyridine rings is 1. The van der Waals surface area contributed by atoms with Gasteiger partial charge in [0.25, 0.3) is 5.91 Å². The van der Waals surface area contributed by atoms with Crippen molar-refractivity contribution in [2.45, 2.75) is 25.4 Å². The summed E-state index contributed by atoms with van der Waals surface area (Å²) in [5.41, 5.74) is 1.01. The molecule has 0 radical (unpaired) electrons. The maximum atomic E-state index is 14.0. The molecule has 0 bridgehead atoms. The molecule has 1 N–H and O–H groups in total. The summed E-state index contributed by atoms with van der Waals surface area (Å²) in [6.45, 7) is 3.39. The minimum absolute atomic E-state index is 0.130. The molecular weight excluding hydrogens is 402 g/mol. The van der Waals surface area contributed by atoms with Crippen LogP contribution in [0, 0.1) is 5.82 Å². The molecular formula is C20H21Cl2FN4O. The number of halogens is 3. The molecule has 2 aliphatic rings. The number of rotatable bonds is 5. The molecule has 2 aromatic rings. The Kier molecular flexibility index (Phi) is 5.71. The second-order valence-corrected chi connectivity index (χ2v) is 8.05. The number of aromatic nitrogens is 1. The first kappa shape index (κ1) is 19.4. The number of carbonyl (C=O) groups excluding carboxylic acids is 1. The van der Waals surface area contributed by atoms with Crippen molar-refractivity contribution in [2.75, 3.05) is 31.1 Å². The molecule has 2 heterocycles. The predicted molar refractivity (Wildman–Crippen MR) is 109 cm³/mol. The minimum Gasteiger partial charge on any atom is -0.353 e. The van der Waals surface area contributed by atoms with Crippen LogP contribution < -0.4 is 10.2 Å². The largest absolute Gasteiger partial charge is 0.353 e. The van der Waals surface area contributed by atoms with Gasteiger partial charge in [-0.3, -0.25) is 9.69 Å². The molecule has 1 saturated heterocycles. The minimum atomic E-state index is -0.278. The summed E-state index contributed by atoms with van der Waals surface area (Å²) < 4.78 is 14.0. The second kappa shape index (κ2) is 8.23. The van der Waals surface area contributed by atoms with E-state index < -0.39 is 0 Å². The zero-order valence-electron chi connectivity index (χ0n) is 15.3. The fraction of sp³-hybridized carbons (Fsp3) is 0.400. The van der Waals surface area contributed by atoms with Gasteiger partial charge in [0.15, 0.2) is 0 Å². The zero-order chi connectivity index (χ0) is 19.7. The van der Waals surface area contributed by atoms with Gasteiger partial charge in [-0.25, -0.2) is 9.37 Å². The number of benzene rings is 1. The second-order valence-electron chi connectivity index (χ2n) is 7.24. The normalized spacial score (nSPS) is 17.6. The standard InChI is InChI=1S/C20H21Cl2FN4O/c21-16-2-1-3-18(23)15(16)12-26-6-8-27(9-7-26)19-17(22)10-13(11-24-19)20(28)25-14-4-5-14/h1-3,10-11,14H,4-9,12H2,(H,25,28). The predicted octanol–water partition coefficient (Wildman–Crippen LogP) is 3.74. The van der Waals surface area contributed by atoms with Crippen LogP contribution in [0.15, 0.2) is 30.5 Å². The van der Waals surface area contributed by atoms with E-state index in [9.17, 15) is 9.18 Å². The lowest BCUT2D eigenvalue weighted by atomic mass is 10.1. The van der Waals surface area contributed by atoms with Crippen molar-refractivity contribution in [3.05, 3.63) is 57.5 Å². The fourth-order valence-corrected chi connectivity index (χ4v) is 3.82. The van der Waals surface area contributed by atoms with Gasteiger partial charge in [-0.2, -0.15) is 0 Å². The van der Waals surface area contributed by atoms with E-state index >= 15 is 0 Å². The van der Waals surface area contributed by atoms with E-state index in [0.717, 1.165) is 25.9 Å². The number of hydrogen-bond acceptors (Lipinski definition) is 4. The van der Waals surface area contributed by atoms with Crippen LogP contribution in [0.4, 0.5) is 10.2 Å².